The van der Waals surface area contributed by atoms with E-state index >= 15 is 0 Å². The van der Waals surface area contributed by atoms with Crippen molar-refractivity contribution in [1.29, 1.82) is 0 Å². The third-order valence-corrected chi connectivity index (χ3v) is 4.52. The van der Waals surface area contributed by atoms with Gasteiger partial charge in [-0.1, -0.05) is 19.8 Å². The van der Waals surface area contributed by atoms with E-state index in [-0.39, 0.29) is 5.75 Å². The maximum atomic E-state index is 12.0. The van der Waals surface area contributed by atoms with Crippen LogP contribution >= 0.6 is 0 Å². The molecule has 0 spiro atoms. The lowest BCUT2D eigenvalue weighted by atomic mass is 10.2. The average molecular weight is 321 g/mol. The zero-order chi connectivity index (χ0) is 16.0. The molecular formula is C15H19N3O3S. The molecule has 2 aromatic rings. The van der Waals surface area contributed by atoms with Crippen LogP contribution in [0.15, 0.2) is 43.0 Å². The highest BCUT2D eigenvalue weighted by molar-refractivity contribution is 7.90. The van der Waals surface area contributed by atoms with Crippen LogP contribution in [0.4, 0.5) is 0 Å². The Bertz CT molecular complexity index is 707. The first-order chi connectivity index (χ1) is 10.5. The van der Waals surface area contributed by atoms with Crippen LogP contribution in [0, 0.1) is 0 Å². The number of nitrogens with one attached hydrogen (secondary N) is 1. The molecule has 0 saturated carbocycles. The van der Waals surface area contributed by atoms with E-state index in [4.69, 9.17) is 0 Å². The number of imidazole rings is 1. The third-order valence-electron chi connectivity index (χ3n) is 3.20. The van der Waals surface area contributed by atoms with Gasteiger partial charge in [-0.2, -0.15) is 0 Å². The van der Waals surface area contributed by atoms with Crippen molar-refractivity contribution in [2.75, 3.05) is 5.75 Å². The maximum Gasteiger partial charge on any atom is 0.264 e. The molecule has 1 heterocycles. The third kappa shape index (κ3) is 4.42. The summed E-state index contributed by atoms with van der Waals surface area (Å²) in [7, 11) is -3.57. The molecule has 6 nitrogen and oxygen atoms in total. The van der Waals surface area contributed by atoms with Gasteiger partial charge in [0.1, 0.15) is 0 Å². The Morgan fingerprint density at radius 1 is 1.23 bits per heavy atom. The van der Waals surface area contributed by atoms with Crippen molar-refractivity contribution < 1.29 is 13.2 Å². The number of rotatable bonds is 7. The van der Waals surface area contributed by atoms with Gasteiger partial charge in [0.15, 0.2) is 0 Å². The summed E-state index contributed by atoms with van der Waals surface area (Å²) >= 11 is 0. The van der Waals surface area contributed by atoms with E-state index in [0.717, 1.165) is 18.5 Å². The van der Waals surface area contributed by atoms with E-state index in [1.165, 1.54) is 0 Å². The minimum atomic E-state index is -3.57. The fraction of sp³-hybridized carbons (Fsp3) is 0.333. The normalized spacial score (nSPS) is 11.3. The molecule has 0 aliphatic heterocycles. The van der Waals surface area contributed by atoms with Gasteiger partial charge in [0.25, 0.3) is 5.91 Å². The summed E-state index contributed by atoms with van der Waals surface area (Å²) in [6.45, 7) is 1.99. The molecule has 118 valence electrons. The number of carbonyl (C=O) groups is 1. The Hall–Kier alpha value is -2.15. The Labute approximate surface area is 130 Å². The average Bonchev–Trinajstić information content (AvgIpc) is 3.01. The quantitative estimate of drug-likeness (QED) is 0.792. The van der Waals surface area contributed by atoms with Crippen LogP contribution in [-0.4, -0.2) is 29.6 Å². The van der Waals surface area contributed by atoms with Crippen molar-refractivity contribution >= 4 is 15.9 Å². The number of aromatic nitrogens is 2. The molecule has 0 saturated heterocycles. The fourth-order valence-electron chi connectivity index (χ4n) is 1.99. The van der Waals surface area contributed by atoms with Crippen LogP contribution < -0.4 is 4.72 Å². The molecule has 0 unspecified atom stereocenters. The Morgan fingerprint density at radius 2 is 1.95 bits per heavy atom. The summed E-state index contributed by atoms with van der Waals surface area (Å²) < 4.78 is 27.5. The standard InChI is InChI=1S/C15H19N3O3S/c1-2-3-4-11-22(20,21)17-15(19)13-5-7-14(8-6-13)18-10-9-16-12-18/h5-10,12H,2-4,11H2,1H3,(H,17,19). The van der Waals surface area contributed by atoms with Crippen molar-refractivity contribution in [3.05, 3.63) is 48.5 Å². The second-order valence-corrected chi connectivity index (χ2v) is 6.82. The molecule has 0 aliphatic rings. The SMILES string of the molecule is CCCCCS(=O)(=O)NC(=O)c1ccc(-n2ccnc2)cc1. The maximum absolute atomic E-state index is 12.0. The molecule has 0 aliphatic carbocycles. The number of benzene rings is 1. The van der Waals surface area contributed by atoms with E-state index in [1.54, 1.807) is 47.6 Å². The molecule has 1 N–H and O–H groups in total. The highest BCUT2D eigenvalue weighted by Gasteiger charge is 2.15. The molecule has 1 aromatic carbocycles. The second-order valence-electron chi connectivity index (χ2n) is 4.97. The zero-order valence-corrected chi connectivity index (χ0v) is 13.2. The van der Waals surface area contributed by atoms with Crippen molar-refractivity contribution in [1.82, 2.24) is 14.3 Å². The van der Waals surface area contributed by atoms with E-state index in [0.29, 0.717) is 12.0 Å². The number of hydrogen-bond donors (Lipinski definition) is 1. The lowest BCUT2D eigenvalue weighted by Crippen LogP contribution is -2.32. The summed E-state index contributed by atoms with van der Waals surface area (Å²) in [4.78, 5) is 15.9. The first-order valence-corrected chi connectivity index (χ1v) is 8.80. The highest BCUT2D eigenvalue weighted by atomic mass is 32.2. The molecular weight excluding hydrogens is 302 g/mol. The summed E-state index contributed by atoms with van der Waals surface area (Å²) in [6.07, 6.45) is 7.40. The molecule has 0 radical (unpaired) electrons. The largest absolute Gasteiger partial charge is 0.306 e. The zero-order valence-electron chi connectivity index (χ0n) is 12.4. The van der Waals surface area contributed by atoms with Crippen LogP contribution in [0.5, 0.6) is 0 Å². The molecule has 0 atom stereocenters. The van der Waals surface area contributed by atoms with Crippen molar-refractivity contribution in [2.24, 2.45) is 0 Å². The Morgan fingerprint density at radius 3 is 2.55 bits per heavy atom. The Balaban J connectivity index is 2.01. The van der Waals surface area contributed by atoms with Gasteiger partial charge in [0.05, 0.1) is 12.1 Å². The summed E-state index contributed by atoms with van der Waals surface area (Å²) in [5.74, 6) is -0.631. The number of nitrogens with zero attached hydrogens (tertiary/aromatic N) is 2. The minimum Gasteiger partial charge on any atom is -0.306 e. The summed E-state index contributed by atoms with van der Waals surface area (Å²) in [5.41, 5.74) is 1.16. The number of sulfonamides is 1. The van der Waals surface area contributed by atoms with Crippen LogP contribution in [0.3, 0.4) is 0 Å². The molecule has 0 fully saturated rings. The summed E-state index contributed by atoms with van der Waals surface area (Å²) in [6, 6.07) is 6.65. The molecule has 1 aromatic heterocycles. The molecule has 22 heavy (non-hydrogen) atoms. The first kappa shape index (κ1) is 16.2. The van der Waals surface area contributed by atoms with Gasteiger partial charge in [-0.25, -0.2) is 18.1 Å². The number of hydrogen-bond acceptors (Lipinski definition) is 4. The van der Waals surface area contributed by atoms with Crippen LogP contribution in [0.2, 0.25) is 0 Å². The second kappa shape index (κ2) is 7.22. The monoisotopic (exact) mass is 321 g/mol. The van der Waals surface area contributed by atoms with Crippen LogP contribution in [0.25, 0.3) is 5.69 Å². The molecule has 7 heteroatoms. The van der Waals surface area contributed by atoms with Gasteiger partial charge in [-0.15, -0.1) is 0 Å². The van der Waals surface area contributed by atoms with E-state index < -0.39 is 15.9 Å². The van der Waals surface area contributed by atoms with Gasteiger partial charge in [-0.05, 0) is 30.7 Å². The van der Waals surface area contributed by atoms with Gasteiger partial charge in [-0.3, -0.25) is 4.79 Å². The van der Waals surface area contributed by atoms with Gasteiger partial charge in [0.2, 0.25) is 10.0 Å². The number of carbonyl (C=O) groups excluding carboxylic acids is 1. The van der Waals surface area contributed by atoms with Crippen LogP contribution in [-0.2, 0) is 10.0 Å². The van der Waals surface area contributed by atoms with Crippen molar-refractivity contribution in [3.63, 3.8) is 0 Å². The molecule has 0 bridgehead atoms. The van der Waals surface area contributed by atoms with Gasteiger partial charge >= 0.3 is 0 Å². The Kier molecular flexibility index (Phi) is 5.32. The fourth-order valence-corrected chi connectivity index (χ4v) is 3.08. The smallest absolute Gasteiger partial charge is 0.264 e. The predicted octanol–water partition coefficient (Wildman–Crippen LogP) is 2.12. The topological polar surface area (TPSA) is 81.1 Å². The summed E-state index contributed by atoms with van der Waals surface area (Å²) in [5, 5.41) is 0. The van der Waals surface area contributed by atoms with Gasteiger partial charge in [0, 0.05) is 23.6 Å². The van der Waals surface area contributed by atoms with Crippen molar-refractivity contribution in [2.45, 2.75) is 26.2 Å². The van der Waals surface area contributed by atoms with Crippen LogP contribution in [0.1, 0.15) is 36.5 Å². The number of unbranched alkanes of at least 4 members (excludes halogenated alkanes) is 2. The van der Waals surface area contributed by atoms with E-state index in [1.807, 2.05) is 6.92 Å². The minimum absolute atomic E-state index is 0.0281. The highest BCUT2D eigenvalue weighted by Crippen LogP contribution is 2.09. The molecule has 2 rings (SSSR count). The predicted molar refractivity (Wildman–Crippen MR) is 84.3 cm³/mol. The van der Waals surface area contributed by atoms with Crippen molar-refractivity contribution in [3.8, 4) is 5.69 Å². The lowest BCUT2D eigenvalue weighted by Gasteiger charge is -2.07. The van der Waals surface area contributed by atoms with Gasteiger partial charge < -0.3 is 4.57 Å². The lowest BCUT2D eigenvalue weighted by molar-refractivity contribution is 0.0981. The number of amides is 1. The first-order valence-electron chi connectivity index (χ1n) is 7.15. The van der Waals surface area contributed by atoms with E-state index in [9.17, 15) is 13.2 Å². The van der Waals surface area contributed by atoms with E-state index in [2.05, 4.69) is 9.71 Å². The molecule has 1 amide bonds.